The van der Waals surface area contributed by atoms with Crippen molar-refractivity contribution in [1.82, 2.24) is 0 Å². The Bertz CT molecular complexity index is 1280. The number of methoxy groups -OCH3 is 2. The fourth-order valence-corrected chi connectivity index (χ4v) is 3.89. The molecule has 12 nitrogen and oxygen atoms in total. The molecule has 4 rings (SSSR count). The summed E-state index contributed by atoms with van der Waals surface area (Å²) in [5.74, 6) is -0.985. The minimum absolute atomic E-state index is 0.0195. The van der Waals surface area contributed by atoms with Crippen LogP contribution >= 0.6 is 0 Å². The van der Waals surface area contributed by atoms with Crippen LogP contribution in [0.1, 0.15) is 0 Å². The van der Waals surface area contributed by atoms with Gasteiger partial charge in [0.1, 0.15) is 58.4 Å². The molecule has 0 saturated carbocycles. The van der Waals surface area contributed by atoms with Crippen molar-refractivity contribution in [1.29, 1.82) is 0 Å². The molecule has 0 bridgehead atoms. The number of hydrogen-bond donors (Lipinski definition) is 6. The minimum Gasteiger partial charge on any atom is -0.507 e. The van der Waals surface area contributed by atoms with E-state index < -0.39 is 48.5 Å². The summed E-state index contributed by atoms with van der Waals surface area (Å²) in [5, 5.41) is 60.5. The van der Waals surface area contributed by atoms with Crippen LogP contribution in [0.3, 0.4) is 0 Å². The van der Waals surface area contributed by atoms with Crippen molar-refractivity contribution in [3.8, 4) is 40.1 Å². The van der Waals surface area contributed by atoms with E-state index in [-0.39, 0.29) is 45.3 Å². The van der Waals surface area contributed by atoms with Crippen LogP contribution < -0.4 is 19.6 Å². The first kappa shape index (κ1) is 24.6. The maximum absolute atomic E-state index is 12.9. The van der Waals surface area contributed by atoms with Crippen LogP contribution in [0.15, 0.2) is 39.5 Å². The molecule has 1 saturated heterocycles. The van der Waals surface area contributed by atoms with Crippen molar-refractivity contribution in [3.63, 3.8) is 0 Å². The average molecular weight is 492 g/mol. The molecule has 6 N–H and O–H groups in total. The summed E-state index contributed by atoms with van der Waals surface area (Å²) in [7, 11) is 2.65. The van der Waals surface area contributed by atoms with Gasteiger partial charge in [0.2, 0.25) is 12.0 Å². The van der Waals surface area contributed by atoms with Gasteiger partial charge >= 0.3 is 0 Å². The van der Waals surface area contributed by atoms with Gasteiger partial charge in [0, 0.05) is 12.1 Å². The molecule has 2 heterocycles. The summed E-state index contributed by atoms with van der Waals surface area (Å²) >= 11 is 0. The van der Waals surface area contributed by atoms with E-state index in [0.717, 1.165) is 6.07 Å². The van der Waals surface area contributed by atoms with Crippen LogP contribution in [0.5, 0.6) is 28.7 Å². The highest BCUT2D eigenvalue weighted by Gasteiger charge is 2.45. The second kappa shape index (κ2) is 9.60. The second-order valence-electron chi connectivity index (χ2n) is 7.78. The van der Waals surface area contributed by atoms with Crippen LogP contribution in [0, 0.1) is 0 Å². The van der Waals surface area contributed by atoms with Crippen LogP contribution in [0.25, 0.3) is 22.3 Å². The summed E-state index contributed by atoms with van der Waals surface area (Å²) in [4.78, 5) is 12.9. The van der Waals surface area contributed by atoms with E-state index >= 15 is 0 Å². The topological polar surface area (TPSA) is 189 Å². The van der Waals surface area contributed by atoms with Crippen LogP contribution in [-0.2, 0) is 4.74 Å². The number of aliphatic hydroxyl groups is 4. The van der Waals surface area contributed by atoms with Crippen LogP contribution in [-0.4, -0.2) is 82.2 Å². The lowest BCUT2D eigenvalue weighted by Crippen LogP contribution is -2.60. The fourth-order valence-electron chi connectivity index (χ4n) is 3.89. The Labute approximate surface area is 197 Å². The largest absolute Gasteiger partial charge is 0.507 e. The number of phenols is 2. The first-order valence-electron chi connectivity index (χ1n) is 10.4. The lowest BCUT2D eigenvalue weighted by Gasteiger charge is -2.39. The third-order valence-corrected chi connectivity index (χ3v) is 5.67. The third-order valence-electron chi connectivity index (χ3n) is 5.67. The molecule has 1 aromatic heterocycles. The van der Waals surface area contributed by atoms with Gasteiger partial charge < -0.3 is 54.0 Å². The number of hydrogen-bond acceptors (Lipinski definition) is 12. The van der Waals surface area contributed by atoms with Crippen molar-refractivity contribution in [3.05, 3.63) is 40.6 Å². The molecule has 1 aliphatic heterocycles. The van der Waals surface area contributed by atoms with E-state index in [1.807, 2.05) is 0 Å². The molecule has 0 aliphatic carbocycles. The maximum atomic E-state index is 12.9. The predicted molar refractivity (Wildman–Crippen MR) is 119 cm³/mol. The number of phenolic OH excluding ortho intramolecular Hbond substituents is 2. The molecule has 3 aromatic rings. The summed E-state index contributed by atoms with van der Waals surface area (Å²) in [6, 6.07) is 6.29. The van der Waals surface area contributed by atoms with Gasteiger partial charge in [0.15, 0.2) is 16.8 Å². The van der Waals surface area contributed by atoms with Crippen molar-refractivity contribution in [2.75, 3.05) is 20.8 Å². The number of aliphatic hydroxyl groups excluding tert-OH is 4. The highest BCUT2D eigenvalue weighted by atomic mass is 16.7. The van der Waals surface area contributed by atoms with Crippen molar-refractivity contribution < 1.29 is 54.0 Å². The lowest BCUT2D eigenvalue weighted by molar-refractivity contribution is -0.277. The number of rotatable bonds is 6. The van der Waals surface area contributed by atoms with Gasteiger partial charge in [-0.3, -0.25) is 4.79 Å². The Morgan fingerprint density at radius 2 is 1.69 bits per heavy atom. The molecule has 0 unspecified atom stereocenters. The lowest BCUT2D eigenvalue weighted by atomic mass is 9.99. The van der Waals surface area contributed by atoms with Crippen LogP contribution in [0.4, 0.5) is 0 Å². The Morgan fingerprint density at radius 3 is 2.34 bits per heavy atom. The van der Waals surface area contributed by atoms with Crippen molar-refractivity contribution in [2.45, 2.75) is 30.7 Å². The molecule has 0 radical (unpaired) electrons. The molecule has 1 aliphatic rings. The van der Waals surface area contributed by atoms with E-state index in [0.29, 0.717) is 0 Å². The van der Waals surface area contributed by atoms with Crippen molar-refractivity contribution >= 4 is 11.0 Å². The van der Waals surface area contributed by atoms with Gasteiger partial charge in [-0.2, -0.15) is 0 Å². The predicted octanol–water partition coefficient (Wildman–Crippen LogP) is 0.0671. The number of aromatic hydroxyl groups is 2. The minimum atomic E-state index is -1.71. The zero-order chi connectivity index (χ0) is 25.4. The summed E-state index contributed by atoms with van der Waals surface area (Å²) in [6.07, 6.45) is -7.78. The molecule has 12 heteroatoms. The van der Waals surface area contributed by atoms with E-state index in [2.05, 4.69) is 0 Å². The maximum Gasteiger partial charge on any atom is 0.229 e. The Kier molecular flexibility index (Phi) is 6.74. The molecule has 0 spiro atoms. The average Bonchev–Trinajstić information content (AvgIpc) is 2.83. The van der Waals surface area contributed by atoms with E-state index in [9.17, 15) is 35.4 Å². The standard InChI is InChI=1S/C23H24O12/c1-31-14-7-11(27)16-10(26)6-13(33-22(16)21(14)32-2)17-9(25)4-3-5-12(17)34-23-20(30)19(29)18(28)15(8-24)35-23/h3-7,15,18-20,23-25,27-30H,8H2,1-2H3/t15-,18-,19+,20-,23-/m1/s1. The van der Waals surface area contributed by atoms with Crippen LogP contribution in [0.2, 0.25) is 0 Å². The Hall–Kier alpha value is -3.55. The van der Waals surface area contributed by atoms with Crippen molar-refractivity contribution in [2.24, 2.45) is 0 Å². The SMILES string of the molecule is COc1cc(O)c2c(=O)cc(-c3c(O)cccc3O[C@@H]3O[C@H](CO)[C@@H](O)[C@H](O)[C@H]3O)oc2c1OC. The summed E-state index contributed by atoms with van der Waals surface area (Å²) < 4.78 is 27.4. The zero-order valence-corrected chi connectivity index (χ0v) is 18.6. The molecule has 35 heavy (non-hydrogen) atoms. The number of ether oxygens (including phenoxy) is 4. The molecule has 188 valence electrons. The molecule has 2 aromatic carbocycles. The van der Waals surface area contributed by atoms with Gasteiger partial charge in [-0.25, -0.2) is 0 Å². The normalized spacial score (nSPS) is 24.3. The highest BCUT2D eigenvalue weighted by molar-refractivity contribution is 5.92. The summed E-state index contributed by atoms with van der Waals surface area (Å²) in [6.45, 7) is -0.664. The van der Waals surface area contributed by atoms with E-state index in [1.54, 1.807) is 0 Å². The van der Waals surface area contributed by atoms with E-state index in [4.69, 9.17) is 23.4 Å². The monoisotopic (exact) mass is 492 g/mol. The smallest absolute Gasteiger partial charge is 0.229 e. The van der Waals surface area contributed by atoms with E-state index in [1.165, 1.54) is 38.5 Å². The molecular formula is C23H24O12. The highest BCUT2D eigenvalue weighted by Crippen LogP contribution is 2.44. The Morgan fingerprint density at radius 1 is 0.943 bits per heavy atom. The zero-order valence-electron chi connectivity index (χ0n) is 18.6. The van der Waals surface area contributed by atoms with Gasteiger partial charge in [0.05, 0.1) is 20.8 Å². The summed E-state index contributed by atoms with van der Waals surface area (Å²) in [5.41, 5.74) is -0.941. The number of benzene rings is 2. The fraction of sp³-hybridized carbons (Fsp3) is 0.348. The Balaban J connectivity index is 1.85. The molecule has 0 amide bonds. The first-order valence-corrected chi connectivity index (χ1v) is 10.4. The number of fused-ring (bicyclic) bond motifs is 1. The van der Waals surface area contributed by atoms with Gasteiger partial charge in [0.25, 0.3) is 0 Å². The first-order chi connectivity index (χ1) is 16.7. The van der Waals surface area contributed by atoms with Gasteiger partial charge in [-0.05, 0) is 12.1 Å². The quantitative estimate of drug-likeness (QED) is 0.272. The van der Waals surface area contributed by atoms with Gasteiger partial charge in [-0.1, -0.05) is 6.07 Å². The van der Waals surface area contributed by atoms with Gasteiger partial charge in [-0.15, -0.1) is 0 Å². The second-order valence-corrected chi connectivity index (χ2v) is 7.78. The third kappa shape index (κ3) is 4.22. The molecular weight excluding hydrogens is 468 g/mol. The molecule has 1 fully saturated rings. The molecule has 5 atom stereocenters.